The van der Waals surface area contributed by atoms with Crippen LogP contribution in [0, 0.1) is 0 Å². The number of carbonyl (C=O) groups excluding carboxylic acids is 3. The molecule has 0 aliphatic rings. The summed E-state index contributed by atoms with van der Waals surface area (Å²) < 4.78 is 47.0. The minimum Gasteiger partial charge on any atom is -0.467 e. The van der Waals surface area contributed by atoms with Gasteiger partial charge in [-0.15, -0.1) is 0 Å². The van der Waals surface area contributed by atoms with Crippen molar-refractivity contribution in [1.82, 2.24) is 5.32 Å². The summed E-state index contributed by atoms with van der Waals surface area (Å²) in [4.78, 5) is 34.7. The van der Waals surface area contributed by atoms with Crippen LogP contribution in [-0.4, -0.2) is 38.1 Å². The Labute approximate surface area is 148 Å². The zero-order valence-electron chi connectivity index (χ0n) is 14.1. The van der Waals surface area contributed by atoms with Crippen LogP contribution in [0.4, 0.5) is 13.2 Å². The van der Waals surface area contributed by atoms with Crippen molar-refractivity contribution < 1.29 is 37.0 Å². The highest BCUT2D eigenvalue weighted by atomic mass is 19.4. The third-order valence-electron chi connectivity index (χ3n) is 3.27. The lowest BCUT2D eigenvalue weighted by atomic mass is 10.1. The molecule has 1 N–H and O–H groups in total. The number of amides is 1. The number of hydrogen-bond acceptors (Lipinski definition) is 5. The average Bonchev–Trinajstić information content (AvgIpc) is 2.59. The topological polar surface area (TPSA) is 81.7 Å². The third kappa shape index (κ3) is 6.96. The summed E-state index contributed by atoms with van der Waals surface area (Å²) in [5, 5.41) is 2.37. The Morgan fingerprint density at radius 1 is 1.19 bits per heavy atom. The second kappa shape index (κ2) is 9.59. The molecule has 0 saturated carbocycles. The Hall–Kier alpha value is -2.84. The quantitative estimate of drug-likeness (QED) is 0.584. The van der Waals surface area contributed by atoms with Crippen molar-refractivity contribution >= 4 is 17.8 Å². The van der Waals surface area contributed by atoms with E-state index < -0.39 is 35.6 Å². The number of benzene rings is 1. The van der Waals surface area contributed by atoms with E-state index in [2.05, 4.69) is 14.8 Å². The van der Waals surface area contributed by atoms with Gasteiger partial charge in [0.2, 0.25) is 5.91 Å². The van der Waals surface area contributed by atoms with E-state index in [4.69, 9.17) is 0 Å². The summed E-state index contributed by atoms with van der Waals surface area (Å²) in [5.74, 6) is -2.05. The molecule has 0 aliphatic heterocycles. The predicted molar refractivity (Wildman–Crippen MR) is 84.9 cm³/mol. The van der Waals surface area contributed by atoms with Gasteiger partial charge >= 0.3 is 18.1 Å². The predicted octanol–water partition coefficient (Wildman–Crippen LogP) is 2.02. The van der Waals surface area contributed by atoms with Crippen LogP contribution >= 0.6 is 0 Å². The second-order valence-electron chi connectivity index (χ2n) is 5.18. The lowest BCUT2D eigenvalue weighted by Crippen LogP contribution is -2.41. The summed E-state index contributed by atoms with van der Waals surface area (Å²) in [6.07, 6.45) is -2.51. The normalized spacial score (nSPS) is 12.5. The van der Waals surface area contributed by atoms with Crippen molar-refractivity contribution in [1.29, 1.82) is 0 Å². The van der Waals surface area contributed by atoms with Crippen LogP contribution in [0.1, 0.15) is 17.5 Å². The Kier molecular flexibility index (Phi) is 7.82. The van der Waals surface area contributed by atoms with Gasteiger partial charge in [0.05, 0.1) is 26.2 Å². The zero-order valence-corrected chi connectivity index (χ0v) is 14.1. The van der Waals surface area contributed by atoms with Crippen LogP contribution < -0.4 is 5.32 Å². The molecule has 1 amide bonds. The van der Waals surface area contributed by atoms with Crippen LogP contribution in [-0.2, 0) is 36.5 Å². The molecule has 0 heterocycles. The number of esters is 2. The molecule has 1 aromatic rings. The van der Waals surface area contributed by atoms with E-state index in [0.29, 0.717) is 0 Å². The molecule has 0 aromatic heterocycles. The molecule has 0 radical (unpaired) electrons. The molecule has 142 valence electrons. The van der Waals surface area contributed by atoms with Crippen molar-refractivity contribution in [3.05, 3.63) is 47.5 Å². The third-order valence-corrected chi connectivity index (χ3v) is 3.27. The number of methoxy groups -OCH3 is 2. The van der Waals surface area contributed by atoms with Crippen molar-refractivity contribution in [3.8, 4) is 0 Å². The Balaban J connectivity index is 2.76. The fourth-order valence-electron chi connectivity index (χ4n) is 2.01. The largest absolute Gasteiger partial charge is 0.467 e. The molecule has 1 rings (SSSR count). The molecule has 6 nitrogen and oxygen atoms in total. The van der Waals surface area contributed by atoms with E-state index in [1.165, 1.54) is 25.3 Å². The monoisotopic (exact) mass is 373 g/mol. The molecule has 0 aliphatic carbocycles. The number of carbonyl (C=O) groups is 3. The fourth-order valence-corrected chi connectivity index (χ4v) is 2.01. The van der Waals surface area contributed by atoms with E-state index in [1.54, 1.807) is 0 Å². The first-order valence-electron chi connectivity index (χ1n) is 7.45. The SMILES string of the molecule is COC(=O)/C=C/C[C@@H](NC(=O)Cc1cccc(C(F)(F)F)c1)C(=O)OC. The minimum absolute atomic E-state index is 0.0455. The van der Waals surface area contributed by atoms with Crippen molar-refractivity contribution in [3.63, 3.8) is 0 Å². The van der Waals surface area contributed by atoms with E-state index in [-0.39, 0.29) is 18.4 Å². The molecule has 26 heavy (non-hydrogen) atoms. The number of hydrogen-bond donors (Lipinski definition) is 1. The first-order chi connectivity index (χ1) is 12.2. The molecular weight excluding hydrogens is 355 g/mol. The van der Waals surface area contributed by atoms with Gasteiger partial charge in [-0.3, -0.25) is 4.79 Å². The van der Waals surface area contributed by atoms with Crippen LogP contribution in [0.25, 0.3) is 0 Å². The summed E-state index contributed by atoms with van der Waals surface area (Å²) in [6.45, 7) is 0. The lowest BCUT2D eigenvalue weighted by Gasteiger charge is -2.15. The highest BCUT2D eigenvalue weighted by molar-refractivity contribution is 5.86. The van der Waals surface area contributed by atoms with E-state index in [1.807, 2.05) is 0 Å². The molecule has 0 saturated heterocycles. The van der Waals surface area contributed by atoms with Crippen LogP contribution in [0.5, 0.6) is 0 Å². The first-order valence-corrected chi connectivity index (χ1v) is 7.45. The van der Waals surface area contributed by atoms with Gasteiger partial charge in [0, 0.05) is 6.08 Å². The van der Waals surface area contributed by atoms with Gasteiger partial charge in [0.1, 0.15) is 6.04 Å². The summed E-state index contributed by atoms with van der Waals surface area (Å²) in [7, 11) is 2.31. The maximum absolute atomic E-state index is 12.7. The number of ether oxygens (including phenoxy) is 2. The maximum atomic E-state index is 12.7. The van der Waals surface area contributed by atoms with E-state index in [9.17, 15) is 27.6 Å². The molecule has 1 aromatic carbocycles. The van der Waals surface area contributed by atoms with Crippen LogP contribution in [0.15, 0.2) is 36.4 Å². The van der Waals surface area contributed by atoms with Gasteiger partial charge in [-0.1, -0.05) is 24.3 Å². The van der Waals surface area contributed by atoms with Gasteiger partial charge in [-0.05, 0) is 18.1 Å². The minimum atomic E-state index is -4.51. The molecule has 1 atom stereocenters. The average molecular weight is 373 g/mol. The molecule has 0 fully saturated rings. The van der Waals surface area contributed by atoms with Gasteiger partial charge in [-0.25, -0.2) is 9.59 Å². The highest BCUT2D eigenvalue weighted by Gasteiger charge is 2.30. The Morgan fingerprint density at radius 3 is 2.46 bits per heavy atom. The molecule has 0 spiro atoms. The number of halogens is 3. The maximum Gasteiger partial charge on any atom is 0.416 e. The van der Waals surface area contributed by atoms with Gasteiger partial charge in [0.25, 0.3) is 0 Å². The second-order valence-corrected chi connectivity index (χ2v) is 5.18. The first kappa shape index (κ1) is 21.2. The molecular formula is C17H18F3NO5. The molecule has 9 heteroatoms. The standard InChI is InChI=1S/C17H18F3NO5/c1-25-15(23)8-4-7-13(16(24)26-2)21-14(22)10-11-5-3-6-12(9-11)17(18,19)20/h3-6,8-9,13H,7,10H2,1-2H3,(H,21,22)/b8-4+/t13-/m1/s1. The van der Waals surface area contributed by atoms with Crippen LogP contribution in [0.3, 0.4) is 0 Å². The summed E-state index contributed by atoms with van der Waals surface area (Å²) in [5.41, 5.74) is -0.723. The lowest BCUT2D eigenvalue weighted by molar-refractivity contribution is -0.145. The number of rotatable bonds is 7. The fraction of sp³-hybridized carbons (Fsp3) is 0.353. The Bertz CT molecular complexity index is 685. The summed E-state index contributed by atoms with van der Waals surface area (Å²) in [6, 6.07) is 3.25. The number of nitrogens with one attached hydrogen (secondary N) is 1. The summed E-state index contributed by atoms with van der Waals surface area (Å²) >= 11 is 0. The smallest absolute Gasteiger partial charge is 0.416 e. The molecule has 0 bridgehead atoms. The van der Waals surface area contributed by atoms with Gasteiger partial charge in [0.15, 0.2) is 0 Å². The van der Waals surface area contributed by atoms with E-state index >= 15 is 0 Å². The molecule has 0 unspecified atom stereocenters. The van der Waals surface area contributed by atoms with E-state index in [0.717, 1.165) is 25.3 Å². The van der Waals surface area contributed by atoms with Gasteiger partial charge < -0.3 is 14.8 Å². The van der Waals surface area contributed by atoms with Crippen molar-refractivity contribution in [2.24, 2.45) is 0 Å². The number of alkyl halides is 3. The van der Waals surface area contributed by atoms with Crippen molar-refractivity contribution in [2.75, 3.05) is 14.2 Å². The highest BCUT2D eigenvalue weighted by Crippen LogP contribution is 2.29. The zero-order chi connectivity index (χ0) is 19.7. The van der Waals surface area contributed by atoms with Crippen LogP contribution in [0.2, 0.25) is 0 Å². The Morgan fingerprint density at radius 2 is 1.88 bits per heavy atom. The van der Waals surface area contributed by atoms with Gasteiger partial charge in [-0.2, -0.15) is 13.2 Å². The van der Waals surface area contributed by atoms with Crippen molar-refractivity contribution in [2.45, 2.75) is 25.1 Å².